The van der Waals surface area contributed by atoms with Gasteiger partial charge in [0.05, 0.1) is 21.4 Å². The standard InChI is InChI=1S/C31H42F3N3O4S/c1-19-23(27(38)36-17-22(18-36)30(5,6)28(39)40)15-25(37(19)16-20-10-8-7-9-11-20)21-12-13-26(24(14-21)31(32,33)34)42(41)35-29(2,3)4/h12-15,20,22,35H,7-11,16-18H2,1-6H3,(H,39,40). The molecule has 0 radical (unpaired) electrons. The highest BCUT2D eigenvalue weighted by Gasteiger charge is 2.46. The van der Waals surface area contributed by atoms with Crippen LogP contribution in [-0.2, 0) is 28.5 Å². The maximum atomic E-state index is 14.3. The Morgan fingerprint density at radius 2 is 1.64 bits per heavy atom. The van der Waals surface area contributed by atoms with Gasteiger partial charge in [-0.1, -0.05) is 25.3 Å². The fourth-order valence-corrected chi connectivity index (χ4v) is 7.05. The van der Waals surface area contributed by atoms with E-state index in [9.17, 15) is 32.1 Å². The summed E-state index contributed by atoms with van der Waals surface area (Å²) in [5.41, 5.74) is -0.723. The quantitative estimate of drug-likeness (QED) is 0.350. The van der Waals surface area contributed by atoms with E-state index in [2.05, 4.69) is 4.72 Å². The summed E-state index contributed by atoms with van der Waals surface area (Å²) in [5, 5.41) is 9.56. The van der Waals surface area contributed by atoms with E-state index in [-0.39, 0.29) is 16.7 Å². The molecule has 0 spiro atoms. The summed E-state index contributed by atoms with van der Waals surface area (Å²) in [5.74, 6) is -1.01. The molecule has 4 rings (SSSR count). The highest BCUT2D eigenvalue weighted by molar-refractivity contribution is 7.83. The van der Waals surface area contributed by atoms with Gasteiger partial charge in [0.15, 0.2) is 0 Å². The van der Waals surface area contributed by atoms with Crippen molar-refractivity contribution < 1.29 is 32.1 Å². The Morgan fingerprint density at radius 3 is 2.19 bits per heavy atom. The van der Waals surface area contributed by atoms with Crippen LogP contribution in [0.15, 0.2) is 29.2 Å². The summed E-state index contributed by atoms with van der Waals surface area (Å²) in [6, 6.07) is 5.50. The number of halogens is 3. The second-order valence-corrected chi connectivity index (χ2v) is 14.6. The molecule has 2 fully saturated rings. The van der Waals surface area contributed by atoms with Gasteiger partial charge >= 0.3 is 12.1 Å². The minimum atomic E-state index is -4.74. The van der Waals surface area contributed by atoms with Crippen LogP contribution < -0.4 is 4.72 Å². The van der Waals surface area contributed by atoms with E-state index in [4.69, 9.17) is 0 Å². The van der Waals surface area contributed by atoms with E-state index >= 15 is 0 Å². The van der Waals surface area contributed by atoms with Crippen molar-refractivity contribution in [1.82, 2.24) is 14.2 Å². The lowest BCUT2D eigenvalue weighted by molar-refractivity contribution is -0.153. The number of carbonyl (C=O) groups is 2. The number of carboxylic acids is 1. The molecule has 7 nitrogen and oxygen atoms in total. The first-order valence-corrected chi connectivity index (χ1v) is 15.7. The second kappa shape index (κ2) is 11.8. The molecule has 232 valence electrons. The van der Waals surface area contributed by atoms with Gasteiger partial charge in [-0.3, -0.25) is 9.59 Å². The van der Waals surface area contributed by atoms with Gasteiger partial charge in [0.2, 0.25) is 0 Å². The fourth-order valence-electron chi connectivity index (χ4n) is 5.82. The number of hydrogen-bond acceptors (Lipinski definition) is 3. The van der Waals surface area contributed by atoms with Crippen LogP contribution in [-0.4, -0.2) is 49.3 Å². The van der Waals surface area contributed by atoms with Gasteiger partial charge < -0.3 is 14.6 Å². The van der Waals surface area contributed by atoms with Crippen molar-refractivity contribution in [3.63, 3.8) is 0 Å². The van der Waals surface area contributed by atoms with Gasteiger partial charge in [-0.15, -0.1) is 0 Å². The van der Waals surface area contributed by atoms with Gasteiger partial charge in [0.1, 0.15) is 11.0 Å². The van der Waals surface area contributed by atoms with Gasteiger partial charge in [-0.2, -0.15) is 13.2 Å². The molecule has 1 aliphatic heterocycles. The summed E-state index contributed by atoms with van der Waals surface area (Å²) >= 11 is 0. The first-order chi connectivity index (χ1) is 19.4. The molecule has 2 N–H and O–H groups in total. The number of carboxylic acid groups (broad SMARTS) is 1. The zero-order valence-corrected chi connectivity index (χ0v) is 26.0. The van der Waals surface area contributed by atoms with Crippen LogP contribution in [0.2, 0.25) is 0 Å². The minimum absolute atomic E-state index is 0.187. The third kappa shape index (κ3) is 6.77. The molecule has 1 saturated heterocycles. The van der Waals surface area contributed by atoms with Crippen LogP contribution in [0.3, 0.4) is 0 Å². The number of amides is 1. The third-order valence-corrected chi connectivity index (χ3v) is 10.2. The van der Waals surface area contributed by atoms with Crippen molar-refractivity contribution in [3.05, 3.63) is 41.1 Å². The van der Waals surface area contributed by atoms with E-state index in [1.54, 1.807) is 51.7 Å². The molecule has 1 unspecified atom stereocenters. The molecule has 1 aromatic heterocycles. The zero-order chi connectivity index (χ0) is 31.2. The van der Waals surface area contributed by atoms with E-state index in [0.29, 0.717) is 48.1 Å². The van der Waals surface area contributed by atoms with Gasteiger partial charge in [0.25, 0.3) is 5.91 Å². The molecule has 1 aromatic carbocycles. The van der Waals surface area contributed by atoms with Crippen LogP contribution in [0.1, 0.15) is 88.3 Å². The molecule has 11 heteroatoms. The Morgan fingerprint density at radius 1 is 1.02 bits per heavy atom. The lowest BCUT2D eigenvalue weighted by Crippen LogP contribution is -2.57. The number of rotatable bonds is 8. The Kier molecular flexibility index (Phi) is 9.05. The number of hydrogen-bond donors (Lipinski definition) is 2. The largest absolute Gasteiger partial charge is 0.481 e. The third-order valence-electron chi connectivity index (χ3n) is 8.68. The van der Waals surface area contributed by atoms with Crippen molar-refractivity contribution >= 4 is 22.9 Å². The Bertz CT molecular complexity index is 1360. The summed E-state index contributed by atoms with van der Waals surface area (Å²) in [6.07, 6.45) is 0.654. The molecule has 1 aliphatic carbocycles. The van der Waals surface area contributed by atoms with Gasteiger partial charge in [0, 0.05) is 42.5 Å². The number of likely N-dealkylation sites (tertiary alicyclic amines) is 1. The number of carbonyl (C=O) groups excluding carboxylic acids is 1. The first kappa shape index (κ1) is 32.3. The maximum absolute atomic E-state index is 14.3. The highest BCUT2D eigenvalue weighted by Crippen LogP contribution is 2.40. The molecule has 0 bridgehead atoms. The zero-order valence-electron chi connectivity index (χ0n) is 25.2. The molecular formula is C31H42F3N3O4S. The van der Waals surface area contributed by atoms with Crippen LogP contribution in [0, 0.1) is 24.2 Å². The molecule has 2 heterocycles. The van der Waals surface area contributed by atoms with Crippen LogP contribution >= 0.6 is 0 Å². The Balaban J connectivity index is 1.74. The monoisotopic (exact) mass is 609 g/mol. The van der Waals surface area contributed by atoms with Crippen molar-refractivity contribution in [2.75, 3.05) is 13.1 Å². The van der Waals surface area contributed by atoms with Crippen LogP contribution in [0.25, 0.3) is 11.3 Å². The highest BCUT2D eigenvalue weighted by atomic mass is 32.2. The predicted octanol–water partition coefficient (Wildman–Crippen LogP) is 6.66. The van der Waals surface area contributed by atoms with Gasteiger partial charge in [-0.05, 0) is 84.1 Å². The summed E-state index contributed by atoms with van der Waals surface area (Å²) in [6.45, 7) is 11.5. The number of nitrogens with zero attached hydrogens (tertiary/aromatic N) is 2. The number of aliphatic carboxylic acids is 1. The van der Waals surface area contributed by atoms with Crippen LogP contribution in [0.5, 0.6) is 0 Å². The van der Waals surface area contributed by atoms with E-state index < -0.39 is 39.6 Å². The number of nitrogens with one attached hydrogen (secondary N) is 1. The fraction of sp³-hybridized carbons (Fsp3) is 0.613. The molecule has 1 saturated carbocycles. The number of alkyl halides is 3. The number of benzene rings is 1. The molecular weight excluding hydrogens is 567 g/mol. The first-order valence-electron chi connectivity index (χ1n) is 14.5. The lowest BCUT2D eigenvalue weighted by atomic mass is 9.74. The van der Waals surface area contributed by atoms with E-state index in [1.807, 2.05) is 11.5 Å². The minimum Gasteiger partial charge on any atom is -0.481 e. The average Bonchev–Trinajstić information content (AvgIpc) is 3.17. The van der Waals surface area contributed by atoms with E-state index in [0.717, 1.165) is 38.2 Å². The SMILES string of the molecule is Cc1c(C(=O)N2CC(C(C)(C)C(=O)O)C2)cc(-c2ccc(S(=O)NC(C)(C)C)c(C(F)(F)F)c2)n1CC1CCCCC1. The lowest BCUT2D eigenvalue weighted by Gasteiger charge is -2.45. The van der Waals surface area contributed by atoms with Crippen molar-refractivity contribution in [2.24, 2.45) is 17.3 Å². The van der Waals surface area contributed by atoms with Crippen molar-refractivity contribution in [1.29, 1.82) is 0 Å². The normalized spacial score (nSPS) is 18.2. The van der Waals surface area contributed by atoms with Crippen molar-refractivity contribution in [2.45, 2.75) is 96.8 Å². The van der Waals surface area contributed by atoms with Gasteiger partial charge in [-0.25, -0.2) is 8.93 Å². The summed E-state index contributed by atoms with van der Waals surface area (Å²) in [7, 11) is -2.09. The second-order valence-electron chi connectivity index (χ2n) is 13.4. The molecule has 2 aromatic rings. The Hall–Kier alpha value is -2.66. The Labute approximate surface area is 248 Å². The van der Waals surface area contributed by atoms with Crippen LogP contribution in [0.4, 0.5) is 13.2 Å². The van der Waals surface area contributed by atoms with Crippen molar-refractivity contribution in [3.8, 4) is 11.3 Å². The average molecular weight is 610 g/mol. The molecule has 42 heavy (non-hydrogen) atoms. The molecule has 1 atom stereocenters. The maximum Gasteiger partial charge on any atom is 0.417 e. The summed E-state index contributed by atoms with van der Waals surface area (Å²) < 4.78 is 60.5. The van der Waals surface area contributed by atoms with E-state index in [1.165, 1.54) is 6.07 Å². The number of aromatic nitrogens is 1. The predicted molar refractivity (Wildman–Crippen MR) is 156 cm³/mol. The summed E-state index contributed by atoms with van der Waals surface area (Å²) in [4.78, 5) is 26.6. The smallest absolute Gasteiger partial charge is 0.417 e. The topological polar surface area (TPSA) is 91.6 Å². The molecule has 1 amide bonds. The molecule has 2 aliphatic rings.